The number of likely N-dealkylation sites (tertiary alicyclic amines) is 1. The first kappa shape index (κ1) is 19.5. The van der Waals surface area contributed by atoms with Gasteiger partial charge in [-0.2, -0.15) is 0 Å². The number of piperidine rings is 1. The molecule has 1 aromatic heterocycles. The summed E-state index contributed by atoms with van der Waals surface area (Å²) in [6.45, 7) is 4.86. The number of hydrogen-bond donors (Lipinski definition) is 0. The molecule has 0 unspecified atom stereocenters. The number of aryl methyl sites for hydroxylation is 1. The van der Waals surface area contributed by atoms with Gasteiger partial charge >= 0.3 is 0 Å². The number of benzene rings is 1. The van der Waals surface area contributed by atoms with E-state index in [2.05, 4.69) is 16.5 Å². The third-order valence-corrected chi connectivity index (χ3v) is 5.35. The Morgan fingerprint density at radius 2 is 1.96 bits per heavy atom. The van der Waals surface area contributed by atoms with E-state index in [1.165, 1.54) is 12.1 Å². The zero-order chi connectivity index (χ0) is 19.2. The van der Waals surface area contributed by atoms with Crippen LogP contribution in [-0.4, -0.2) is 47.2 Å². The average molecular weight is 373 g/mol. The summed E-state index contributed by atoms with van der Waals surface area (Å²) in [6.07, 6.45) is 5.28. The minimum absolute atomic E-state index is 0.184. The molecular formula is C21H28FN3O2. The van der Waals surface area contributed by atoms with E-state index >= 15 is 0 Å². The van der Waals surface area contributed by atoms with E-state index in [1.807, 2.05) is 23.2 Å². The Kier molecular flexibility index (Phi) is 6.61. The number of methoxy groups -OCH3 is 1. The first-order chi connectivity index (χ1) is 13.1. The summed E-state index contributed by atoms with van der Waals surface area (Å²) in [4.78, 5) is 18.7. The van der Waals surface area contributed by atoms with Crippen LogP contribution in [0.2, 0.25) is 0 Å². The van der Waals surface area contributed by atoms with Crippen molar-refractivity contribution in [1.29, 1.82) is 0 Å². The molecule has 2 aromatic rings. The molecule has 1 fully saturated rings. The fourth-order valence-corrected chi connectivity index (χ4v) is 3.65. The molecule has 1 aliphatic rings. The molecule has 1 amide bonds. The number of rotatable bonds is 7. The minimum Gasteiger partial charge on any atom is -0.384 e. The number of amides is 1. The molecule has 6 heteroatoms. The largest absolute Gasteiger partial charge is 0.384 e. The van der Waals surface area contributed by atoms with Crippen LogP contribution in [0.1, 0.15) is 36.3 Å². The molecule has 0 radical (unpaired) electrons. The highest BCUT2D eigenvalue weighted by atomic mass is 19.1. The van der Waals surface area contributed by atoms with Gasteiger partial charge < -0.3 is 14.2 Å². The maximum absolute atomic E-state index is 13.1. The molecule has 5 nitrogen and oxygen atoms in total. The van der Waals surface area contributed by atoms with Crippen LogP contribution in [0.5, 0.6) is 0 Å². The summed E-state index contributed by atoms with van der Waals surface area (Å²) in [6, 6.07) is 6.64. The smallest absolute Gasteiger partial charge is 0.224 e. The third kappa shape index (κ3) is 5.16. The van der Waals surface area contributed by atoms with Gasteiger partial charge in [-0.1, -0.05) is 12.1 Å². The van der Waals surface area contributed by atoms with Crippen molar-refractivity contribution in [2.45, 2.75) is 39.2 Å². The molecule has 146 valence electrons. The maximum Gasteiger partial charge on any atom is 0.224 e. The fraction of sp³-hybridized carbons (Fsp3) is 0.524. The van der Waals surface area contributed by atoms with Crippen LogP contribution in [0.15, 0.2) is 30.5 Å². The zero-order valence-electron chi connectivity index (χ0n) is 16.2. The van der Waals surface area contributed by atoms with E-state index in [4.69, 9.17) is 4.74 Å². The van der Waals surface area contributed by atoms with Crippen LogP contribution in [0.3, 0.4) is 0 Å². The van der Waals surface area contributed by atoms with Crippen LogP contribution < -0.4 is 0 Å². The van der Waals surface area contributed by atoms with Gasteiger partial charge in [-0.05, 0) is 43.4 Å². The molecular weight excluding hydrogens is 345 g/mol. The van der Waals surface area contributed by atoms with Gasteiger partial charge in [-0.25, -0.2) is 9.37 Å². The Balaban J connectivity index is 1.57. The lowest BCUT2D eigenvalue weighted by molar-refractivity contribution is -0.133. The normalized spacial score (nSPS) is 15.3. The minimum atomic E-state index is -0.215. The lowest BCUT2D eigenvalue weighted by atomic mass is 9.93. The van der Waals surface area contributed by atoms with Crippen molar-refractivity contribution in [2.24, 2.45) is 5.92 Å². The SMILES string of the molecule is COCCC(=O)N1CCC(Cc2ncc(C)n2Cc2ccc(F)cc2)CC1. The fourth-order valence-electron chi connectivity index (χ4n) is 3.65. The molecule has 0 spiro atoms. The number of halogens is 1. The summed E-state index contributed by atoms with van der Waals surface area (Å²) in [5, 5.41) is 0. The number of nitrogens with zero attached hydrogens (tertiary/aromatic N) is 3. The van der Waals surface area contributed by atoms with E-state index in [9.17, 15) is 9.18 Å². The standard InChI is InChI=1S/C21H28FN3O2/c1-16-14-23-20(25(16)15-18-3-5-19(22)6-4-18)13-17-7-10-24(11-8-17)21(26)9-12-27-2/h3-6,14,17H,7-13,15H2,1-2H3. The molecule has 1 aliphatic heterocycles. The summed E-state index contributed by atoms with van der Waals surface area (Å²) >= 11 is 0. The van der Waals surface area contributed by atoms with Gasteiger partial charge in [-0.3, -0.25) is 4.79 Å². The van der Waals surface area contributed by atoms with Crippen LogP contribution >= 0.6 is 0 Å². The Labute approximate surface area is 160 Å². The highest BCUT2D eigenvalue weighted by molar-refractivity contribution is 5.76. The van der Waals surface area contributed by atoms with Gasteiger partial charge in [0.15, 0.2) is 0 Å². The zero-order valence-corrected chi connectivity index (χ0v) is 16.2. The Bertz CT molecular complexity index is 749. The molecule has 27 heavy (non-hydrogen) atoms. The predicted octanol–water partition coefficient (Wildman–Crippen LogP) is 3.20. The van der Waals surface area contributed by atoms with E-state index in [0.717, 1.165) is 49.4 Å². The molecule has 1 aromatic carbocycles. The summed E-state index contributed by atoms with van der Waals surface area (Å²) in [5.74, 6) is 1.57. The Morgan fingerprint density at radius 1 is 1.26 bits per heavy atom. The number of ether oxygens (including phenoxy) is 1. The quantitative estimate of drug-likeness (QED) is 0.749. The Morgan fingerprint density at radius 3 is 2.63 bits per heavy atom. The summed E-state index contributed by atoms with van der Waals surface area (Å²) in [7, 11) is 1.62. The lowest BCUT2D eigenvalue weighted by Crippen LogP contribution is -2.39. The summed E-state index contributed by atoms with van der Waals surface area (Å²) < 4.78 is 20.3. The number of aromatic nitrogens is 2. The second-order valence-electron chi connectivity index (χ2n) is 7.30. The third-order valence-electron chi connectivity index (χ3n) is 5.35. The van der Waals surface area contributed by atoms with Crippen LogP contribution in [0.4, 0.5) is 4.39 Å². The van der Waals surface area contributed by atoms with Crippen molar-refractivity contribution in [2.75, 3.05) is 26.8 Å². The van der Waals surface area contributed by atoms with Crippen molar-refractivity contribution < 1.29 is 13.9 Å². The molecule has 0 bridgehead atoms. The van der Waals surface area contributed by atoms with Crippen LogP contribution in [-0.2, 0) is 22.5 Å². The lowest BCUT2D eigenvalue weighted by Gasteiger charge is -2.32. The van der Waals surface area contributed by atoms with Gasteiger partial charge in [0.2, 0.25) is 5.91 Å². The number of carbonyl (C=O) groups excluding carboxylic acids is 1. The average Bonchev–Trinajstić information content (AvgIpc) is 3.02. The molecule has 0 atom stereocenters. The molecule has 0 N–H and O–H groups in total. The number of carbonyl (C=O) groups is 1. The molecule has 0 saturated carbocycles. The summed E-state index contributed by atoms with van der Waals surface area (Å²) in [5.41, 5.74) is 2.18. The molecule has 2 heterocycles. The predicted molar refractivity (Wildman–Crippen MR) is 102 cm³/mol. The van der Waals surface area contributed by atoms with Crippen molar-refractivity contribution in [3.05, 3.63) is 53.4 Å². The van der Waals surface area contributed by atoms with E-state index in [-0.39, 0.29) is 11.7 Å². The van der Waals surface area contributed by atoms with Crippen molar-refractivity contribution in [3.63, 3.8) is 0 Å². The Hall–Kier alpha value is -2.21. The van der Waals surface area contributed by atoms with Gasteiger partial charge in [0.05, 0.1) is 13.0 Å². The van der Waals surface area contributed by atoms with E-state index < -0.39 is 0 Å². The van der Waals surface area contributed by atoms with E-state index in [1.54, 1.807) is 7.11 Å². The van der Waals surface area contributed by atoms with Crippen LogP contribution in [0.25, 0.3) is 0 Å². The molecule has 0 aliphatic carbocycles. The first-order valence-corrected chi connectivity index (χ1v) is 9.59. The number of imidazole rings is 1. The number of hydrogen-bond acceptors (Lipinski definition) is 3. The van der Waals surface area contributed by atoms with Gasteiger partial charge in [-0.15, -0.1) is 0 Å². The molecule has 3 rings (SSSR count). The van der Waals surface area contributed by atoms with Crippen LogP contribution in [0, 0.1) is 18.7 Å². The highest BCUT2D eigenvalue weighted by Crippen LogP contribution is 2.23. The maximum atomic E-state index is 13.1. The van der Waals surface area contributed by atoms with Gasteiger partial charge in [0, 0.05) is 45.1 Å². The topological polar surface area (TPSA) is 47.4 Å². The van der Waals surface area contributed by atoms with Crippen molar-refractivity contribution in [3.8, 4) is 0 Å². The highest BCUT2D eigenvalue weighted by Gasteiger charge is 2.24. The first-order valence-electron chi connectivity index (χ1n) is 9.59. The van der Waals surface area contributed by atoms with Gasteiger partial charge in [0.1, 0.15) is 11.6 Å². The molecule has 1 saturated heterocycles. The second-order valence-corrected chi connectivity index (χ2v) is 7.30. The second kappa shape index (κ2) is 9.13. The van der Waals surface area contributed by atoms with Crippen molar-refractivity contribution in [1.82, 2.24) is 14.5 Å². The van der Waals surface area contributed by atoms with E-state index in [0.29, 0.717) is 25.5 Å². The monoisotopic (exact) mass is 373 g/mol. The van der Waals surface area contributed by atoms with Crippen molar-refractivity contribution >= 4 is 5.91 Å². The van der Waals surface area contributed by atoms with Gasteiger partial charge in [0.25, 0.3) is 0 Å².